The average molecular weight is 729 g/mol. The Hall–Kier alpha value is -2.05. The zero-order valence-corrected chi connectivity index (χ0v) is 31.9. The van der Waals surface area contributed by atoms with Gasteiger partial charge in [-0.15, -0.1) is 0 Å². The maximum Gasteiger partial charge on any atom is 0.335 e. The van der Waals surface area contributed by atoms with Gasteiger partial charge in [-0.1, -0.05) is 135 Å². The van der Waals surface area contributed by atoms with E-state index < -0.39 is 54.7 Å². The lowest BCUT2D eigenvalue weighted by atomic mass is 9.99. The number of aliphatic carboxylic acids is 1. The molecule has 11 nitrogen and oxygen atoms in total. The Labute approximate surface area is 307 Å². The number of carbonyl (C=O) groups is 3. The molecular formula is C40H72O11. The number of aliphatic hydroxyl groups is 3. The van der Waals surface area contributed by atoms with Crippen LogP contribution in [0.3, 0.4) is 0 Å². The molecule has 1 fully saturated rings. The zero-order valence-electron chi connectivity index (χ0n) is 31.9. The number of rotatable bonds is 33. The highest BCUT2D eigenvalue weighted by atomic mass is 16.7. The molecule has 1 saturated heterocycles. The summed E-state index contributed by atoms with van der Waals surface area (Å²) < 4.78 is 21.6. The molecule has 0 aromatic carbocycles. The van der Waals surface area contributed by atoms with E-state index in [2.05, 4.69) is 26.0 Å². The van der Waals surface area contributed by atoms with Gasteiger partial charge >= 0.3 is 17.9 Å². The molecule has 1 aliphatic heterocycles. The maximum absolute atomic E-state index is 12.7. The number of hydrogen-bond acceptors (Lipinski definition) is 10. The summed E-state index contributed by atoms with van der Waals surface area (Å²) in [4.78, 5) is 36.6. The third-order valence-electron chi connectivity index (χ3n) is 9.36. The zero-order chi connectivity index (χ0) is 37.5. The van der Waals surface area contributed by atoms with Crippen LogP contribution >= 0.6 is 0 Å². The molecule has 6 unspecified atom stereocenters. The van der Waals surface area contributed by atoms with Crippen molar-refractivity contribution >= 4 is 17.9 Å². The number of carboxylic acids is 1. The maximum atomic E-state index is 12.7. The predicted molar refractivity (Wildman–Crippen MR) is 197 cm³/mol. The molecule has 0 aliphatic carbocycles. The third-order valence-corrected chi connectivity index (χ3v) is 9.36. The first-order valence-corrected chi connectivity index (χ1v) is 20.2. The summed E-state index contributed by atoms with van der Waals surface area (Å²) in [5.41, 5.74) is 0. The van der Waals surface area contributed by atoms with Crippen LogP contribution in [-0.4, -0.2) is 88.4 Å². The van der Waals surface area contributed by atoms with Crippen LogP contribution in [0.1, 0.15) is 174 Å². The number of esters is 2. The summed E-state index contributed by atoms with van der Waals surface area (Å²) in [5, 5.41) is 39.7. The number of hydrogen-bond donors (Lipinski definition) is 4. The van der Waals surface area contributed by atoms with Crippen LogP contribution in [0.2, 0.25) is 0 Å². The van der Waals surface area contributed by atoms with Crippen molar-refractivity contribution in [3.8, 4) is 0 Å². The Bertz CT molecular complexity index is 911. The molecule has 0 spiro atoms. The Morgan fingerprint density at radius 1 is 0.588 bits per heavy atom. The molecule has 1 heterocycles. The lowest BCUT2D eigenvalue weighted by Gasteiger charge is -2.38. The number of aliphatic hydroxyl groups excluding tert-OH is 3. The third kappa shape index (κ3) is 24.0. The highest BCUT2D eigenvalue weighted by Crippen LogP contribution is 2.23. The standard InChI is InChI=1S/C40H72O11/c1-3-5-7-9-11-13-15-17-19-21-23-25-27-29-34(42)50-32(31-49-40-37(45)35(43)36(44)38(51-40)39(46)47)30-48-33(41)28-26-24-22-20-18-16-14-12-10-8-6-4-2/h12,14,32,35-38,40,43-45H,3-11,13,15-31H2,1-2H3,(H,46,47)/b14-12-. The van der Waals surface area contributed by atoms with Crippen molar-refractivity contribution in [1.29, 1.82) is 0 Å². The lowest BCUT2D eigenvalue weighted by Crippen LogP contribution is -2.60. The van der Waals surface area contributed by atoms with E-state index in [0.717, 1.165) is 57.8 Å². The van der Waals surface area contributed by atoms with Crippen LogP contribution in [0.5, 0.6) is 0 Å². The molecule has 0 bridgehead atoms. The second-order valence-electron chi connectivity index (χ2n) is 14.1. The van der Waals surface area contributed by atoms with E-state index >= 15 is 0 Å². The summed E-state index contributed by atoms with van der Waals surface area (Å²) in [7, 11) is 0. The Morgan fingerprint density at radius 2 is 1.04 bits per heavy atom. The van der Waals surface area contributed by atoms with Crippen molar-refractivity contribution < 1.29 is 53.8 Å². The molecule has 0 aromatic rings. The summed E-state index contributed by atoms with van der Waals surface area (Å²) in [6.45, 7) is 3.76. The normalized spacial score (nSPS) is 21.2. The number of unbranched alkanes of at least 4 members (excludes halogenated alkanes) is 20. The second-order valence-corrected chi connectivity index (χ2v) is 14.1. The summed E-state index contributed by atoms with van der Waals surface area (Å²) in [6.07, 6.45) is 21.3. The predicted octanol–water partition coefficient (Wildman–Crippen LogP) is 7.70. The number of carbonyl (C=O) groups excluding carboxylic acids is 2. The van der Waals surface area contributed by atoms with Gasteiger partial charge in [0.1, 0.15) is 24.9 Å². The minimum absolute atomic E-state index is 0.186. The molecular weight excluding hydrogens is 656 g/mol. The van der Waals surface area contributed by atoms with Crippen LogP contribution in [-0.2, 0) is 33.3 Å². The van der Waals surface area contributed by atoms with E-state index in [0.29, 0.717) is 12.8 Å². The van der Waals surface area contributed by atoms with Gasteiger partial charge in [0.2, 0.25) is 0 Å². The number of allylic oxidation sites excluding steroid dienone is 2. The summed E-state index contributed by atoms with van der Waals surface area (Å²) >= 11 is 0. The topological polar surface area (TPSA) is 169 Å². The van der Waals surface area contributed by atoms with Crippen molar-refractivity contribution in [2.24, 2.45) is 0 Å². The SMILES string of the molecule is CCCCC/C=C\CCCCCCCC(=O)OCC(COC1OC(C(=O)O)C(O)C(O)C1O)OC(=O)CCCCCCCCCCCCCCC. The van der Waals surface area contributed by atoms with Crippen molar-refractivity contribution in [3.05, 3.63) is 12.2 Å². The molecule has 0 radical (unpaired) electrons. The van der Waals surface area contributed by atoms with Gasteiger partial charge in [0.05, 0.1) is 6.61 Å². The second kappa shape index (κ2) is 31.5. The van der Waals surface area contributed by atoms with Gasteiger partial charge in [-0.3, -0.25) is 9.59 Å². The van der Waals surface area contributed by atoms with Gasteiger partial charge in [-0.25, -0.2) is 4.79 Å². The van der Waals surface area contributed by atoms with Crippen LogP contribution in [0.25, 0.3) is 0 Å². The first-order chi connectivity index (χ1) is 24.7. The Morgan fingerprint density at radius 3 is 1.57 bits per heavy atom. The fourth-order valence-electron chi connectivity index (χ4n) is 6.11. The van der Waals surface area contributed by atoms with E-state index in [-0.39, 0.29) is 26.1 Å². The molecule has 51 heavy (non-hydrogen) atoms. The minimum atomic E-state index is -1.86. The molecule has 4 N–H and O–H groups in total. The summed E-state index contributed by atoms with van der Waals surface area (Å²) in [6, 6.07) is 0. The Balaban J connectivity index is 2.43. The van der Waals surface area contributed by atoms with Crippen molar-refractivity contribution in [1.82, 2.24) is 0 Å². The fraction of sp³-hybridized carbons (Fsp3) is 0.875. The molecule has 1 rings (SSSR count). The van der Waals surface area contributed by atoms with Gasteiger partial charge in [0.25, 0.3) is 0 Å². The molecule has 0 aromatic heterocycles. The van der Waals surface area contributed by atoms with Crippen molar-refractivity contribution in [3.63, 3.8) is 0 Å². The van der Waals surface area contributed by atoms with Crippen molar-refractivity contribution in [2.45, 2.75) is 211 Å². The molecule has 11 heteroatoms. The van der Waals surface area contributed by atoms with E-state index in [4.69, 9.17) is 18.9 Å². The van der Waals surface area contributed by atoms with Crippen molar-refractivity contribution in [2.75, 3.05) is 13.2 Å². The van der Waals surface area contributed by atoms with Gasteiger partial charge in [-0.2, -0.15) is 0 Å². The molecule has 298 valence electrons. The molecule has 1 aliphatic rings. The molecule has 0 amide bonds. The lowest BCUT2D eigenvalue weighted by molar-refractivity contribution is -0.298. The van der Waals surface area contributed by atoms with Gasteiger partial charge in [0, 0.05) is 12.8 Å². The van der Waals surface area contributed by atoms with Gasteiger partial charge in [0.15, 0.2) is 18.5 Å². The highest BCUT2D eigenvalue weighted by Gasteiger charge is 2.47. The smallest absolute Gasteiger partial charge is 0.335 e. The van der Waals surface area contributed by atoms with E-state index in [1.807, 2.05) is 0 Å². The first-order valence-electron chi connectivity index (χ1n) is 20.2. The molecule has 0 saturated carbocycles. The quantitative estimate of drug-likeness (QED) is 0.0297. The van der Waals surface area contributed by atoms with Crippen LogP contribution in [0.15, 0.2) is 12.2 Å². The molecule has 6 atom stereocenters. The highest BCUT2D eigenvalue weighted by molar-refractivity contribution is 5.73. The van der Waals surface area contributed by atoms with E-state index in [9.17, 15) is 34.8 Å². The fourth-order valence-corrected chi connectivity index (χ4v) is 6.11. The van der Waals surface area contributed by atoms with E-state index in [1.165, 1.54) is 77.0 Å². The minimum Gasteiger partial charge on any atom is -0.479 e. The first kappa shape index (κ1) is 47.0. The van der Waals surface area contributed by atoms with Crippen LogP contribution < -0.4 is 0 Å². The van der Waals surface area contributed by atoms with Crippen LogP contribution in [0.4, 0.5) is 0 Å². The number of carboxylic acid groups (broad SMARTS) is 1. The Kier molecular flexibility index (Phi) is 29.0. The van der Waals surface area contributed by atoms with E-state index in [1.54, 1.807) is 0 Å². The monoisotopic (exact) mass is 729 g/mol. The van der Waals surface area contributed by atoms with Gasteiger partial charge < -0.3 is 39.4 Å². The average Bonchev–Trinajstić information content (AvgIpc) is 3.11. The van der Waals surface area contributed by atoms with Crippen LogP contribution in [0, 0.1) is 0 Å². The largest absolute Gasteiger partial charge is 0.479 e. The summed E-state index contributed by atoms with van der Waals surface area (Å²) in [5.74, 6) is -2.45. The number of ether oxygens (including phenoxy) is 4. The van der Waals surface area contributed by atoms with Gasteiger partial charge in [-0.05, 0) is 38.5 Å².